The van der Waals surface area contributed by atoms with E-state index in [4.69, 9.17) is 4.42 Å². The summed E-state index contributed by atoms with van der Waals surface area (Å²) in [6, 6.07) is 19.2. The molecule has 0 atom stereocenters. The summed E-state index contributed by atoms with van der Waals surface area (Å²) in [5.41, 5.74) is 2.72. The summed E-state index contributed by atoms with van der Waals surface area (Å²) in [6.45, 7) is 5.99. The van der Waals surface area contributed by atoms with Crippen LogP contribution in [0.5, 0.6) is 0 Å². The molecule has 0 amide bonds. The van der Waals surface area contributed by atoms with Gasteiger partial charge in [0, 0.05) is 10.0 Å². The van der Waals surface area contributed by atoms with Gasteiger partial charge in [0.1, 0.15) is 11.5 Å². The van der Waals surface area contributed by atoms with Crippen LogP contribution < -0.4 is 16.1 Å². The van der Waals surface area contributed by atoms with Gasteiger partial charge in [-0.05, 0) is 55.0 Å². The van der Waals surface area contributed by atoms with E-state index in [1.807, 2.05) is 67.6 Å². The van der Waals surface area contributed by atoms with Crippen LogP contribution >= 0.6 is 15.9 Å². The van der Waals surface area contributed by atoms with Crippen molar-refractivity contribution in [2.75, 3.05) is 0 Å². The summed E-state index contributed by atoms with van der Waals surface area (Å²) in [5, 5.41) is 4.03. The molecule has 4 nitrogen and oxygen atoms in total. The van der Waals surface area contributed by atoms with Crippen molar-refractivity contribution in [1.29, 1.82) is 0 Å². The number of rotatable bonds is 3. The number of H-pyrrole nitrogens is 1. The van der Waals surface area contributed by atoms with Gasteiger partial charge in [-0.3, -0.25) is 9.89 Å². The Hall–Kier alpha value is -3.05. The topological polar surface area (TPSA) is 50.9 Å². The lowest BCUT2D eigenvalue weighted by atomic mass is 10.1. The van der Waals surface area contributed by atoms with Crippen LogP contribution in [-0.2, 0) is 0 Å². The number of nitrogens with one attached hydrogen (secondary N) is 1. The van der Waals surface area contributed by atoms with E-state index in [0.717, 1.165) is 21.5 Å². The summed E-state index contributed by atoms with van der Waals surface area (Å²) in [4.78, 5) is 12.8. The molecule has 27 heavy (non-hydrogen) atoms. The molecule has 0 unspecified atom stereocenters. The number of benzene rings is 2. The zero-order valence-electron chi connectivity index (χ0n) is 14.7. The van der Waals surface area contributed by atoms with Crippen molar-refractivity contribution in [2.45, 2.75) is 6.92 Å². The maximum Gasteiger partial charge on any atom is 0.279 e. The number of aromatic nitrogens is 2. The summed E-state index contributed by atoms with van der Waals surface area (Å²) in [7, 11) is 0. The molecule has 0 radical (unpaired) electrons. The fourth-order valence-corrected chi connectivity index (χ4v) is 3.63. The number of nitrogens with zero attached hydrogens (tertiary/aromatic N) is 1. The number of hydrogen-bond acceptors (Lipinski definition) is 2. The standard InChI is InChI=1S/C22H17BrN2O2/c1-14-8-10-18(20(23)12-14)21-11-9-17(27-21)13-19-15(2)24-25(22(19)26)16-6-4-3-5-7-16/h3-13,24H,2H2,1H3. The number of halogens is 1. The Morgan fingerprint density at radius 1 is 1.11 bits per heavy atom. The second-order valence-corrected chi connectivity index (χ2v) is 7.16. The molecule has 0 fully saturated rings. The van der Waals surface area contributed by atoms with Crippen molar-refractivity contribution in [2.24, 2.45) is 0 Å². The first kappa shape index (κ1) is 17.4. The second kappa shape index (κ2) is 6.93. The van der Waals surface area contributed by atoms with Gasteiger partial charge in [0.05, 0.1) is 16.3 Å². The van der Waals surface area contributed by atoms with Crippen LogP contribution in [-0.4, -0.2) is 9.78 Å². The molecular weight excluding hydrogens is 404 g/mol. The average molecular weight is 421 g/mol. The molecule has 4 aromatic rings. The van der Waals surface area contributed by atoms with Gasteiger partial charge in [-0.15, -0.1) is 0 Å². The van der Waals surface area contributed by atoms with Gasteiger partial charge >= 0.3 is 0 Å². The molecule has 0 saturated heterocycles. The van der Waals surface area contributed by atoms with E-state index in [1.165, 1.54) is 10.2 Å². The highest BCUT2D eigenvalue weighted by molar-refractivity contribution is 9.10. The Morgan fingerprint density at radius 2 is 1.89 bits per heavy atom. The first-order valence-corrected chi connectivity index (χ1v) is 9.26. The second-order valence-electron chi connectivity index (χ2n) is 6.31. The van der Waals surface area contributed by atoms with E-state index in [9.17, 15) is 4.79 Å². The van der Waals surface area contributed by atoms with E-state index in [-0.39, 0.29) is 5.56 Å². The molecule has 134 valence electrons. The molecule has 0 aliphatic carbocycles. The molecule has 2 aromatic heterocycles. The zero-order chi connectivity index (χ0) is 19.0. The minimum atomic E-state index is -0.166. The minimum Gasteiger partial charge on any atom is -0.457 e. The van der Waals surface area contributed by atoms with Crippen LogP contribution in [0.2, 0.25) is 0 Å². The highest BCUT2D eigenvalue weighted by Gasteiger charge is 2.09. The van der Waals surface area contributed by atoms with Gasteiger partial charge in [-0.1, -0.05) is 46.8 Å². The molecule has 0 spiro atoms. The van der Waals surface area contributed by atoms with Gasteiger partial charge in [0.15, 0.2) is 0 Å². The van der Waals surface area contributed by atoms with Crippen LogP contribution in [0, 0.1) is 6.92 Å². The third-order valence-electron chi connectivity index (χ3n) is 4.32. The van der Waals surface area contributed by atoms with Crippen molar-refractivity contribution >= 4 is 28.6 Å². The van der Waals surface area contributed by atoms with Crippen LogP contribution in [0.1, 0.15) is 11.3 Å². The van der Waals surface area contributed by atoms with Crippen molar-refractivity contribution in [3.8, 4) is 17.0 Å². The monoisotopic (exact) mass is 420 g/mol. The highest BCUT2D eigenvalue weighted by Crippen LogP contribution is 2.30. The Balaban J connectivity index is 1.78. The molecule has 4 rings (SSSR count). The highest BCUT2D eigenvalue weighted by atomic mass is 79.9. The van der Waals surface area contributed by atoms with Gasteiger partial charge in [0.2, 0.25) is 0 Å². The van der Waals surface area contributed by atoms with Gasteiger partial charge < -0.3 is 4.42 Å². The van der Waals surface area contributed by atoms with Gasteiger partial charge in [-0.25, -0.2) is 4.68 Å². The van der Waals surface area contributed by atoms with E-state index >= 15 is 0 Å². The molecule has 0 aliphatic heterocycles. The Kier molecular flexibility index (Phi) is 4.46. The number of aromatic amines is 1. The first-order valence-electron chi connectivity index (χ1n) is 8.46. The largest absolute Gasteiger partial charge is 0.457 e. The fraction of sp³-hybridized carbons (Fsp3) is 0.0455. The summed E-state index contributed by atoms with van der Waals surface area (Å²) in [6.07, 6.45) is 1.71. The van der Waals surface area contributed by atoms with Crippen LogP contribution in [0.15, 0.2) is 74.3 Å². The molecule has 0 aliphatic rings. The molecule has 2 aromatic carbocycles. The van der Waals surface area contributed by atoms with E-state index in [0.29, 0.717) is 16.3 Å². The summed E-state index contributed by atoms with van der Waals surface area (Å²) < 4.78 is 8.39. The Labute approximate surface area is 164 Å². The molecular formula is C22H17BrN2O2. The van der Waals surface area contributed by atoms with Crippen molar-refractivity contribution < 1.29 is 4.42 Å². The predicted molar refractivity (Wildman–Crippen MR) is 111 cm³/mol. The Morgan fingerprint density at radius 3 is 2.63 bits per heavy atom. The van der Waals surface area contributed by atoms with Crippen molar-refractivity contribution in [3.05, 3.63) is 97.4 Å². The maximum atomic E-state index is 12.8. The van der Waals surface area contributed by atoms with Gasteiger partial charge in [-0.2, -0.15) is 0 Å². The summed E-state index contributed by atoms with van der Waals surface area (Å²) >= 11 is 3.57. The molecule has 0 bridgehead atoms. The third kappa shape index (κ3) is 3.34. The molecule has 1 N–H and O–H groups in total. The SMILES string of the molecule is C=c1[nH]n(-c2ccccc2)c(=O)c1=Cc1ccc(-c2ccc(C)cc2Br)o1. The fourth-order valence-electron chi connectivity index (χ4n) is 2.94. The van der Waals surface area contributed by atoms with Crippen LogP contribution in [0.3, 0.4) is 0 Å². The lowest BCUT2D eigenvalue weighted by molar-refractivity contribution is 0.571. The quantitative estimate of drug-likeness (QED) is 0.548. The molecule has 0 saturated carbocycles. The third-order valence-corrected chi connectivity index (χ3v) is 4.98. The predicted octanol–water partition coefficient (Wildman–Crippen LogP) is 3.74. The Bertz CT molecular complexity index is 1280. The number of aryl methyl sites for hydroxylation is 1. The normalized spacial score (nSPS) is 11.9. The number of hydrogen-bond donors (Lipinski definition) is 1. The zero-order valence-corrected chi connectivity index (χ0v) is 16.3. The van der Waals surface area contributed by atoms with Crippen LogP contribution in [0.25, 0.3) is 29.7 Å². The minimum absolute atomic E-state index is 0.166. The van der Waals surface area contributed by atoms with Crippen molar-refractivity contribution in [1.82, 2.24) is 9.78 Å². The number of para-hydroxylation sites is 1. The van der Waals surface area contributed by atoms with E-state index in [2.05, 4.69) is 27.6 Å². The summed E-state index contributed by atoms with van der Waals surface area (Å²) in [5.74, 6) is 1.33. The van der Waals surface area contributed by atoms with Crippen molar-refractivity contribution in [3.63, 3.8) is 0 Å². The lowest BCUT2D eigenvalue weighted by Crippen LogP contribution is -2.33. The van der Waals surface area contributed by atoms with E-state index < -0.39 is 0 Å². The lowest BCUT2D eigenvalue weighted by Gasteiger charge is -2.01. The van der Waals surface area contributed by atoms with E-state index in [1.54, 1.807) is 6.08 Å². The molecule has 5 heteroatoms. The molecule has 2 heterocycles. The van der Waals surface area contributed by atoms with Crippen LogP contribution in [0.4, 0.5) is 0 Å². The number of furan rings is 1. The maximum absolute atomic E-state index is 12.8. The smallest absolute Gasteiger partial charge is 0.279 e. The van der Waals surface area contributed by atoms with Gasteiger partial charge in [0.25, 0.3) is 5.56 Å². The average Bonchev–Trinajstić information content (AvgIpc) is 3.22. The first-order chi connectivity index (χ1) is 13.0.